The molecule has 8 heteroatoms. The van der Waals surface area contributed by atoms with Crippen LogP contribution in [-0.2, 0) is 11.3 Å². The number of carbonyl (C=O) groups is 2. The zero-order chi connectivity index (χ0) is 22.8. The Morgan fingerprint density at radius 3 is 2.58 bits per heavy atom. The molecule has 0 radical (unpaired) electrons. The number of carbonyl (C=O) groups excluding carboxylic acids is 2. The van der Waals surface area contributed by atoms with Gasteiger partial charge in [-0.1, -0.05) is 30.3 Å². The van der Waals surface area contributed by atoms with Gasteiger partial charge in [0, 0.05) is 31.9 Å². The molecule has 1 aromatic carbocycles. The van der Waals surface area contributed by atoms with E-state index in [-0.39, 0.29) is 11.8 Å². The number of amides is 2. The Balaban J connectivity index is 1.39. The van der Waals surface area contributed by atoms with Crippen LogP contribution in [0.25, 0.3) is 16.3 Å². The van der Waals surface area contributed by atoms with E-state index in [0.717, 1.165) is 28.2 Å². The molecule has 3 aromatic heterocycles. The predicted molar refractivity (Wildman–Crippen MR) is 132 cm³/mol. The molecular weight excluding hydrogens is 452 g/mol. The minimum absolute atomic E-state index is 0.0259. The number of thiophene rings is 2. The molecule has 33 heavy (non-hydrogen) atoms. The number of para-hydroxylation sites is 1. The van der Waals surface area contributed by atoms with Crippen molar-refractivity contribution in [3.05, 3.63) is 82.0 Å². The molecule has 0 bridgehead atoms. The highest BCUT2D eigenvalue weighted by Crippen LogP contribution is 2.29. The molecule has 1 unspecified atom stereocenters. The van der Waals surface area contributed by atoms with Gasteiger partial charge in [-0.3, -0.25) is 9.59 Å². The molecule has 1 fully saturated rings. The summed E-state index contributed by atoms with van der Waals surface area (Å²) in [5.74, 6) is -0.0765. The fraction of sp³-hybridized carbons (Fsp3) is 0.240. The predicted octanol–water partition coefficient (Wildman–Crippen LogP) is 4.93. The molecular formula is C25H24N4O2S2. The lowest BCUT2D eigenvalue weighted by Crippen LogP contribution is -2.46. The largest absolute Gasteiger partial charge is 0.339 e. The highest BCUT2D eigenvalue weighted by molar-refractivity contribution is 7.13. The van der Waals surface area contributed by atoms with Crippen molar-refractivity contribution in [2.75, 3.05) is 13.6 Å². The monoisotopic (exact) mass is 476 g/mol. The van der Waals surface area contributed by atoms with E-state index >= 15 is 0 Å². The van der Waals surface area contributed by atoms with Gasteiger partial charge < -0.3 is 9.80 Å². The van der Waals surface area contributed by atoms with Gasteiger partial charge in [0.2, 0.25) is 5.91 Å². The van der Waals surface area contributed by atoms with Crippen molar-refractivity contribution < 1.29 is 9.59 Å². The molecule has 1 atom stereocenters. The average molecular weight is 477 g/mol. The maximum atomic E-state index is 13.4. The van der Waals surface area contributed by atoms with Crippen molar-refractivity contribution in [2.24, 2.45) is 0 Å². The molecule has 4 heterocycles. The number of nitrogens with zero attached hydrogens (tertiary/aromatic N) is 4. The molecule has 0 saturated carbocycles. The van der Waals surface area contributed by atoms with Crippen molar-refractivity contribution in [3.63, 3.8) is 0 Å². The van der Waals surface area contributed by atoms with Crippen LogP contribution >= 0.6 is 22.7 Å². The lowest BCUT2D eigenvalue weighted by Gasteiger charge is -2.27. The topological polar surface area (TPSA) is 58.4 Å². The van der Waals surface area contributed by atoms with E-state index in [1.807, 2.05) is 83.3 Å². The molecule has 0 aliphatic carbocycles. The highest BCUT2D eigenvalue weighted by atomic mass is 32.1. The fourth-order valence-electron chi connectivity index (χ4n) is 4.26. The van der Waals surface area contributed by atoms with Gasteiger partial charge in [0.25, 0.3) is 5.91 Å². The van der Waals surface area contributed by atoms with Crippen LogP contribution < -0.4 is 0 Å². The first-order chi connectivity index (χ1) is 16.1. The highest BCUT2D eigenvalue weighted by Gasteiger charge is 2.36. The summed E-state index contributed by atoms with van der Waals surface area (Å²) < 4.78 is 1.87. The summed E-state index contributed by atoms with van der Waals surface area (Å²) in [7, 11) is 1.81. The molecule has 0 N–H and O–H groups in total. The summed E-state index contributed by atoms with van der Waals surface area (Å²) in [5, 5.41) is 8.76. The number of hydrogen-bond acceptors (Lipinski definition) is 5. The van der Waals surface area contributed by atoms with E-state index in [1.54, 1.807) is 21.1 Å². The second-order valence-electron chi connectivity index (χ2n) is 8.09. The summed E-state index contributed by atoms with van der Waals surface area (Å²) in [6.45, 7) is 1.05. The fourth-order valence-corrected chi connectivity index (χ4v) is 5.68. The molecule has 168 valence electrons. The third-order valence-corrected chi connectivity index (χ3v) is 7.61. The Bertz CT molecular complexity index is 1230. The van der Waals surface area contributed by atoms with Gasteiger partial charge in [0.15, 0.2) is 0 Å². The van der Waals surface area contributed by atoms with Crippen LogP contribution in [0.15, 0.2) is 71.6 Å². The van der Waals surface area contributed by atoms with Gasteiger partial charge in [-0.25, -0.2) is 4.68 Å². The van der Waals surface area contributed by atoms with Crippen LogP contribution in [0.5, 0.6) is 0 Å². The van der Waals surface area contributed by atoms with Crippen molar-refractivity contribution >= 4 is 34.5 Å². The number of likely N-dealkylation sites (tertiary alicyclic amines) is 1. The second kappa shape index (κ2) is 9.33. The third-order valence-electron chi connectivity index (χ3n) is 5.88. The molecule has 6 nitrogen and oxygen atoms in total. The van der Waals surface area contributed by atoms with E-state index < -0.39 is 6.04 Å². The van der Waals surface area contributed by atoms with E-state index in [0.29, 0.717) is 24.4 Å². The normalized spacial score (nSPS) is 15.7. The second-order valence-corrected chi connectivity index (χ2v) is 9.98. The lowest BCUT2D eigenvalue weighted by atomic mass is 10.1. The maximum absolute atomic E-state index is 13.4. The van der Waals surface area contributed by atoms with Crippen LogP contribution in [0.2, 0.25) is 0 Å². The minimum atomic E-state index is -0.418. The van der Waals surface area contributed by atoms with E-state index in [9.17, 15) is 9.59 Å². The lowest BCUT2D eigenvalue weighted by molar-refractivity contribution is -0.134. The summed E-state index contributed by atoms with van der Waals surface area (Å²) in [4.78, 5) is 31.6. The maximum Gasteiger partial charge on any atom is 0.264 e. The van der Waals surface area contributed by atoms with Gasteiger partial charge in [0.05, 0.1) is 15.4 Å². The first-order valence-corrected chi connectivity index (χ1v) is 12.6. The van der Waals surface area contributed by atoms with E-state index in [4.69, 9.17) is 5.10 Å². The van der Waals surface area contributed by atoms with Gasteiger partial charge in [0.1, 0.15) is 11.7 Å². The van der Waals surface area contributed by atoms with Crippen LogP contribution in [0.4, 0.5) is 0 Å². The van der Waals surface area contributed by atoms with Gasteiger partial charge in [-0.2, -0.15) is 5.10 Å². The summed E-state index contributed by atoms with van der Waals surface area (Å²) in [5.41, 5.74) is 2.83. The number of benzene rings is 1. The number of hydrogen-bond donors (Lipinski definition) is 0. The SMILES string of the molecule is CN(Cc1cn(-c2ccccc2)nc1-c1cccs1)C(=O)C1CCCN1C(=O)c1cccs1. The molecule has 1 saturated heterocycles. The number of likely N-dealkylation sites (N-methyl/N-ethyl adjacent to an activating group) is 1. The summed E-state index contributed by atoms with van der Waals surface area (Å²) >= 11 is 3.05. The van der Waals surface area contributed by atoms with Gasteiger partial charge in [-0.05, 0) is 47.9 Å². The Labute approximate surface area is 200 Å². The molecule has 1 aliphatic heterocycles. The first-order valence-electron chi connectivity index (χ1n) is 10.9. The zero-order valence-electron chi connectivity index (χ0n) is 18.3. The zero-order valence-corrected chi connectivity index (χ0v) is 19.9. The molecule has 1 aliphatic rings. The Morgan fingerprint density at radius 2 is 1.85 bits per heavy atom. The molecule has 4 aromatic rings. The van der Waals surface area contributed by atoms with Gasteiger partial charge >= 0.3 is 0 Å². The molecule has 5 rings (SSSR count). The smallest absolute Gasteiger partial charge is 0.264 e. The molecule has 0 spiro atoms. The third kappa shape index (κ3) is 4.36. The van der Waals surface area contributed by atoms with Crippen molar-refractivity contribution in [1.29, 1.82) is 0 Å². The summed E-state index contributed by atoms with van der Waals surface area (Å²) in [6, 6.07) is 17.3. The van der Waals surface area contributed by atoms with Crippen molar-refractivity contribution in [3.8, 4) is 16.3 Å². The van der Waals surface area contributed by atoms with Crippen LogP contribution in [0.1, 0.15) is 28.1 Å². The number of aromatic nitrogens is 2. The van der Waals surface area contributed by atoms with Crippen molar-refractivity contribution in [2.45, 2.75) is 25.4 Å². The Kier molecular flexibility index (Phi) is 6.11. The van der Waals surface area contributed by atoms with Crippen molar-refractivity contribution in [1.82, 2.24) is 19.6 Å². The molecule has 2 amide bonds. The average Bonchev–Trinajstić information content (AvgIpc) is 3.64. The van der Waals surface area contributed by atoms with Gasteiger partial charge in [-0.15, -0.1) is 22.7 Å². The quantitative estimate of drug-likeness (QED) is 0.397. The number of rotatable bonds is 6. The standard InChI is InChI=1S/C25H24N4O2S2/c1-27(24(30)20-10-5-13-28(20)25(31)22-12-7-15-33-22)16-18-17-29(19-8-3-2-4-9-19)26-23(18)21-11-6-14-32-21/h2-4,6-9,11-12,14-15,17,20H,5,10,13,16H2,1H3. The van der Waals surface area contributed by atoms with Crippen LogP contribution in [0.3, 0.4) is 0 Å². The first kappa shape index (κ1) is 21.6. The Morgan fingerprint density at radius 1 is 1.06 bits per heavy atom. The van der Waals surface area contributed by atoms with E-state index in [1.165, 1.54) is 11.3 Å². The van der Waals surface area contributed by atoms with Crippen LogP contribution in [-0.4, -0.2) is 51.0 Å². The summed E-state index contributed by atoms with van der Waals surface area (Å²) in [6.07, 6.45) is 3.53. The van der Waals surface area contributed by atoms with E-state index in [2.05, 4.69) is 0 Å². The Hall–Kier alpha value is -3.23. The minimum Gasteiger partial charge on any atom is -0.339 e. The van der Waals surface area contributed by atoms with Crippen LogP contribution in [0, 0.1) is 0 Å².